The second kappa shape index (κ2) is 10.4. The minimum absolute atomic E-state index is 0.0352. The lowest BCUT2D eigenvalue weighted by molar-refractivity contribution is -0.384. The Morgan fingerprint density at radius 3 is 2.43 bits per heavy atom. The molecule has 2 N–H and O–H groups in total. The number of non-ortho nitro benzene ring substituents is 1. The SMILES string of the molecule is COCCNc1ccc([N+](=O)[O-])cc1C(=O)O[C@@H](C)C(=O)Nc1c(C)cccc1C. The van der Waals surface area contributed by atoms with Gasteiger partial charge in [-0.05, 0) is 38.0 Å². The number of anilines is 2. The molecule has 0 aliphatic rings. The average molecular weight is 415 g/mol. The van der Waals surface area contributed by atoms with Crippen LogP contribution in [0.2, 0.25) is 0 Å². The highest BCUT2D eigenvalue weighted by atomic mass is 16.6. The molecule has 160 valence electrons. The maximum Gasteiger partial charge on any atom is 0.341 e. The van der Waals surface area contributed by atoms with E-state index in [-0.39, 0.29) is 11.3 Å². The number of benzene rings is 2. The molecule has 0 radical (unpaired) electrons. The van der Waals surface area contributed by atoms with Crippen LogP contribution in [0.15, 0.2) is 36.4 Å². The predicted octanol–water partition coefficient (Wildman–Crippen LogP) is 3.45. The first-order chi connectivity index (χ1) is 14.2. The van der Waals surface area contributed by atoms with Gasteiger partial charge < -0.3 is 20.1 Å². The third-order valence-electron chi connectivity index (χ3n) is 4.44. The molecule has 9 heteroatoms. The van der Waals surface area contributed by atoms with Crippen molar-refractivity contribution < 1.29 is 24.0 Å². The van der Waals surface area contributed by atoms with Crippen molar-refractivity contribution in [3.8, 4) is 0 Å². The second-order valence-corrected chi connectivity index (χ2v) is 6.71. The average Bonchev–Trinajstić information content (AvgIpc) is 2.70. The van der Waals surface area contributed by atoms with Crippen molar-refractivity contribution in [1.29, 1.82) is 0 Å². The Morgan fingerprint density at radius 2 is 1.83 bits per heavy atom. The summed E-state index contributed by atoms with van der Waals surface area (Å²) in [5.74, 6) is -1.34. The highest BCUT2D eigenvalue weighted by molar-refractivity contribution is 6.00. The number of para-hydroxylation sites is 1. The van der Waals surface area contributed by atoms with Gasteiger partial charge in [-0.1, -0.05) is 18.2 Å². The number of methoxy groups -OCH3 is 1. The zero-order valence-corrected chi connectivity index (χ0v) is 17.4. The summed E-state index contributed by atoms with van der Waals surface area (Å²) in [4.78, 5) is 35.7. The van der Waals surface area contributed by atoms with Gasteiger partial charge in [0.2, 0.25) is 0 Å². The summed E-state index contributed by atoms with van der Waals surface area (Å²) >= 11 is 0. The number of nitrogens with one attached hydrogen (secondary N) is 2. The first-order valence-electron chi connectivity index (χ1n) is 9.34. The number of carbonyl (C=O) groups excluding carboxylic acids is 2. The zero-order chi connectivity index (χ0) is 22.3. The molecule has 0 fully saturated rings. The number of hydrogen-bond acceptors (Lipinski definition) is 7. The van der Waals surface area contributed by atoms with Crippen LogP contribution in [0.3, 0.4) is 0 Å². The Hall–Kier alpha value is -3.46. The topological polar surface area (TPSA) is 120 Å². The van der Waals surface area contributed by atoms with Gasteiger partial charge >= 0.3 is 5.97 Å². The summed E-state index contributed by atoms with van der Waals surface area (Å²) in [5, 5.41) is 16.8. The van der Waals surface area contributed by atoms with Gasteiger partial charge in [0.25, 0.3) is 11.6 Å². The number of nitro benzene ring substituents is 1. The molecule has 9 nitrogen and oxygen atoms in total. The van der Waals surface area contributed by atoms with Crippen LogP contribution < -0.4 is 10.6 Å². The van der Waals surface area contributed by atoms with Crippen LogP contribution in [-0.2, 0) is 14.3 Å². The van der Waals surface area contributed by atoms with E-state index in [1.807, 2.05) is 32.0 Å². The van der Waals surface area contributed by atoms with Crippen LogP contribution in [0.1, 0.15) is 28.4 Å². The summed E-state index contributed by atoms with van der Waals surface area (Å²) in [5.41, 5.74) is 2.47. The quantitative estimate of drug-likeness (QED) is 0.278. The second-order valence-electron chi connectivity index (χ2n) is 6.71. The molecule has 0 saturated carbocycles. The first kappa shape index (κ1) is 22.8. The number of amides is 1. The zero-order valence-electron chi connectivity index (χ0n) is 17.4. The van der Waals surface area contributed by atoms with Gasteiger partial charge in [0.05, 0.1) is 17.1 Å². The first-order valence-corrected chi connectivity index (χ1v) is 9.34. The van der Waals surface area contributed by atoms with Crippen molar-refractivity contribution in [2.24, 2.45) is 0 Å². The summed E-state index contributed by atoms with van der Waals surface area (Å²) < 4.78 is 10.2. The minimum Gasteiger partial charge on any atom is -0.449 e. The van der Waals surface area contributed by atoms with Crippen LogP contribution in [0.5, 0.6) is 0 Å². The number of ether oxygens (including phenoxy) is 2. The molecule has 0 unspecified atom stereocenters. The van der Waals surface area contributed by atoms with Crippen molar-refractivity contribution >= 4 is 28.9 Å². The van der Waals surface area contributed by atoms with Crippen LogP contribution in [-0.4, -0.2) is 43.2 Å². The molecule has 2 aromatic rings. The summed E-state index contributed by atoms with van der Waals surface area (Å²) in [6.07, 6.45) is -1.11. The molecule has 0 aliphatic carbocycles. The van der Waals surface area contributed by atoms with Gasteiger partial charge in [0, 0.05) is 37.2 Å². The van der Waals surface area contributed by atoms with Gasteiger partial charge in [0.15, 0.2) is 6.10 Å². The lowest BCUT2D eigenvalue weighted by Crippen LogP contribution is -2.30. The largest absolute Gasteiger partial charge is 0.449 e. The van der Waals surface area contributed by atoms with Crippen LogP contribution in [0.4, 0.5) is 17.1 Å². The molecule has 0 bridgehead atoms. The fourth-order valence-electron chi connectivity index (χ4n) is 2.77. The maximum atomic E-state index is 12.7. The Kier molecular flexibility index (Phi) is 7.88. The van der Waals surface area contributed by atoms with Crippen LogP contribution >= 0.6 is 0 Å². The molecule has 2 rings (SSSR count). The highest BCUT2D eigenvalue weighted by Crippen LogP contribution is 2.24. The molecule has 0 heterocycles. The van der Waals surface area contributed by atoms with Crippen LogP contribution in [0.25, 0.3) is 0 Å². The predicted molar refractivity (Wildman–Crippen MR) is 113 cm³/mol. The lowest BCUT2D eigenvalue weighted by atomic mass is 10.1. The third kappa shape index (κ3) is 5.77. The van der Waals surface area contributed by atoms with Crippen LogP contribution in [0, 0.1) is 24.0 Å². The monoisotopic (exact) mass is 415 g/mol. The van der Waals surface area contributed by atoms with Gasteiger partial charge in [0.1, 0.15) is 0 Å². The molecule has 0 saturated heterocycles. The fraction of sp³-hybridized carbons (Fsp3) is 0.333. The number of carbonyl (C=O) groups is 2. The molecule has 30 heavy (non-hydrogen) atoms. The number of aryl methyl sites for hydroxylation is 2. The Labute approximate surface area is 174 Å². The fourth-order valence-corrected chi connectivity index (χ4v) is 2.77. The van der Waals surface area contributed by atoms with E-state index in [1.54, 1.807) is 0 Å². The van der Waals surface area contributed by atoms with E-state index in [1.165, 1.54) is 26.2 Å². The van der Waals surface area contributed by atoms with E-state index in [0.717, 1.165) is 17.2 Å². The molecular weight excluding hydrogens is 390 g/mol. The molecule has 2 aromatic carbocycles. The van der Waals surface area contributed by atoms with Gasteiger partial charge in [-0.15, -0.1) is 0 Å². The number of rotatable bonds is 9. The van der Waals surface area contributed by atoms with E-state index < -0.39 is 22.9 Å². The summed E-state index contributed by atoms with van der Waals surface area (Å²) in [7, 11) is 1.53. The lowest BCUT2D eigenvalue weighted by Gasteiger charge is -2.17. The van der Waals surface area contributed by atoms with E-state index in [9.17, 15) is 19.7 Å². The normalized spacial score (nSPS) is 11.5. The van der Waals surface area contributed by atoms with Gasteiger partial charge in [-0.25, -0.2) is 4.79 Å². The van der Waals surface area contributed by atoms with E-state index in [4.69, 9.17) is 9.47 Å². The minimum atomic E-state index is -1.11. The Morgan fingerprint density at radius 1 is 1.17 bits per heavy atom. The van der Waals surface area contributed by atoms with E-state index in [0.29, 0.717) is 24.5 Å². The standard InChI is InChI=1S/C21H25N3O6/c1-13-6-5-7-14(2)19(13)23-20(25)15(3)30-21(26)17-12-16(24(27)28)8-9-18(17)22-10-11-29-4/h5-9,12,15,22H,10-11H2,1-4H3,(H,23,25)/t15-/m0/s1. The highest BCUT2D eigenvalue weighted by Gasteiger charge is 2.23. The van der Waals surface area contributed by atoms with Crippen molar-refractivity contribution in [2.45, 2.75) is 26.9 Å². The molecule has 0 aliphatic heterocycles. The van der Waals surface area contributed by atoms with E-state index >= 15 is 0 Å². The number of esters is 1. The summed E-state index contributed by atoms with van der Waals surface area (Å²) in [6, 6.07) is 9.42. The Bertz CT molecular complexity index is 924. The van der Waals surface area contributed by atoms with Gasteiger partial charge in [-0.2, -0.15) is 0 Å². The van der Waals surface area contributed by atoms with E-state index in [2.05, 4.69) is 10.6 Å². The maximum absolute atomic E-state index is 12.7. The summed E-state index contributed by atoms with van der Waals surface area (Å²) in [6.45, 7) is 5.92. The van der Waals surface area contributed by atoms with Crippen molar-refractivity contribution in [1.82, 2.24) is 0 Å². The molecule has 1 atom stereocenters. The van der Waals surface area contributed by atoms with Gasteiger partial charge in [-0.3, -0.25) is 14.9 Å². The third-order valence-corrected chi connectivity index (χ3v) is 4.44. The number of hydrogen-bond donors (Lipinski definition) is 2. The number of nitro groups is 1. The Balaban J connectivity index is 2.17. The molecule has 0 spiro atoms. The molecule has 0 aromatic heterocycles. The van der Waals surface area contributed by atoms with Crippen molar-refractivity contribution in [2.75, 3.05) is 30.9 Å². The molecular formula is C21H25N3O6. The smallest absolute Gasteiger partial charge is 0.341 e. The van der Waals surface area contributed by atoms with Crippen molar-refractivity contribution in [3.63, 3.8) is 0 Å². The van der Waals surface area contributed by atoms with Crippen molar-refractivity contribution in [3.05, 3.63) is 63.2 Å². The molecule has 1 amide bonds. The number of nitrogens with zero attached hydrogens (tertiary/aromatic N) is 1.